The molecule has 0 heterocycles. The Bertz CT molecular complexity index is 1090. The van der Waals surface area contributed by atoms with E-state index in [2.05, 4.69) is 13.8 Å². The molecular formula is C34H48N2O5. The predicted molar refractivity (Wildman–Crippen MR) is 166 cm³/mol. The van der Waals surface area contributed by atoms with Crippen molar-refractivity contribution in [2.24, 2.45) is 0 Å². The van der Waals surface area contributed by atoms with E-state index >= 15 is 0 Å². The van der Waals surface area contributed by atoms with Gasteiger partial charge in [0.05, 0.1) is 18.3 Å². The zero-order valence-corrected chi connectivity index (χ0v) is 24.8. The van der Waals surface area contributed by atoms with Gasteiger partial charge in [0.15, 0.2) is 0 Å². The Balaban J connectivity index is 1.42. The van der Waals surface area contributed by atoms with Gasteiger partial charge in [-0.3, -0.25) is 0 Å². The maximum Gasteiger partial charge on any atom is 0.338 e. The number of ether oxygens (including phenoxy) is 3. The number of hydrogen-bond donors (Lipinski definition) is 2. The van der Waals surface area contributed by atoms with Crippen LogP contribution in [-0.4, -0.2) is 37.4 Å². The van der Waals surface area contributed by atoms with Gasteiger partial charge in [0.25, 0.3) is 0 Å². The summed E-state index contributed by atoms with van der Waals surface area (Å²) in [5.41, 5.74) is 15.4. The summed E-state index contributed by atoms with van der Waals surface area (Å²) in [4.78, 5) is 25.1. The van der Waals surface area contributed by atoms with Crippen LogP contribution >= 0.6 is 0 Å². The van der Waals surface area contributed by atoms with Crippen LogP contribution in [0, 0.1) is 0 Å². The fraction of sp³-hybridized carbons (Fsp3) is 0.529. The maximum atomic E-state index is 12.7. The molecule has 3 rings (SSSR count). The normalized spacial score (nSPS) is 17.8. The number of unbranched alkanes of at least 4 members (excludes halogenated alkanes) is 4. The van der Waals surface area contributed by atoms with Gasteiger partial charge in [-0.25, -0.2) is 9.59 Å². The van der Waals surface area contributed by atoms with E-state index in [0.717, 1.165) is 69.1 Å². The molecule has 1 aliphatic rings. The first-order valence-electron chi connectivity index (χ1n) is 15.3. The van der Waals surface area contributed by atoms with Gasteiger partial charge in [-0.1, -0.05) is 58.1 Å². The molecule has 0 aromatic heterocycles. The van der Waals surface area contributed by atoms with Crippen molar-refractivity contribution in [1.29, 1.82) is 0 Å². The predicted octanol–water partition coefficient (Wildman–Crippen LogP) is 7.45. The maximum absolute atomic E-state index is 12.7. The topological polar surface area (TPSA) is 114 Å². The number of hydrogen-bond acceptors (Lipinski definition) is 7. The molecule has 0 bridgehead atoms. The van der Waals surface area contributed by atoms with Crippen LogP contribution in [0.3, 0.4) is 0 Å². The average molecular weight is 565 g/mol. The highest BCUT2D eigenvalue weighted by Crippen LogP contribution is 2.27. The standard InChI is InChI=1S/C34H48N2O5/c1-3-5-7-8-20-39-31-15-17-32(18-16-31)41-34(38)26-13-10-25(11-14-26)12-19-33(37)40-24-27(9-6-4-2)28-21-29(35)23-30(36)22-28/h10-14,19,21-23,27,31-32H,3-9,15-18,20,24,35-36H2,1-2H3/b19-12+. The Hall–Kier alpha value is -3.32. The molecule has 1 unspecified atom stereocenters. The number of anilines is 2. The van der Waals surface area contributed by atoms with E-state index in [-0.39, 0.29) is 30.7 Å². The molecule has 0 saturated heterocycles. The van der Waals surface area contributed by atoms with Crippen molar-refractivity contribution in [2.75, 3.05) is 24.7 Å². The number of carbonyl (C=O) groups is 2. The molecule has 1 saturated carbocycles. The summed E-state index contributed by atoms with van der Waals surface area (Å²) in [6.45, 7) is 5.42. The molecule has 41 heavy (non-hydrogen) atoms. The Morgan fingerprint density at radius 2 is 1.54 bits per heavy atom. The minimum atomic E-state index is -0.424. The van der Waals surface area contributed by atoms with Crippen molar-refractivity contribution in [2.45, 2.75) is 103 Å². The monoisotopic (exact) mass is 564 g/mol. The van der Waals surface area contributed by atoms with Gasteiger partial charge >= 0.3 is 11.9 Å². The van der Waals surface area contributed by atoms with E-state index in [4.69, 9.17) is 25.7 Å². The summed E-state index contributed by atoms with van der Waals surface area (Å²) in [6, 6.07) is 12.5. The average Bonchev–Trinajstić information content (AvgIpc) is 2.96. The van der Waals surface area contributed by atoms with Crippen molar-refractivity contribution in [3.05, 3.63) is 65.2 Å². The van der Waals surface area contributed by atoms with Crippen LogP contribution in [0.4, 0.5) is 11.4 Å². The minimum absolute atomic E-state index is 0.0292. The van der Waals surface area contributed by atoms with Gasteiger partial charge in [0.2, 0.25) is 0 Å². The molecule has 0 amide bonds. The second-order valence-corrected chi connectivity index (χ2v) is 11.1. The third-order valence-corrected chi connectivity index (χ3v) is 7.61. The molecule has 2 aromatic rings. The van der Waals surface area contributed by atoms with Gasteiger partial charge in [0.1, 0.15) is 6.10 Å². The first-order valence-corrected chi connectivity index (χ1v) is 15.3. The SMILES string of the molecule is CCCCCCOC1CCC(OC(=O)c2ccc(/C=C/C(=O)OCC(CCCC)c3cc(N)cc(N)c3)cc2)CC1. The first kappa shape index (κ1) is 32.2. The molecule has 0 aliphatic heterocycles. The fourth-order valence-corrected chi connectivity index (χ4v) is 5.18. The fourth-order valence-electron chi connectivity index (χ4n) is 5.18. The summed E-state index contributed by atoms with van der Waals surface area (Å²) < 4.78 is 17.3. The van der Waals surface area contributed by atoms with Crippen LogP contribution in [0.2, 0.25) is 0 Å². The number of nitrogens with two attached hydrogens (primary N) is 2. The summed E-state index contributed by atoms with van der Waals surface area (Å²) >= 11 is 0. The number of benzene rings is 2. The lowest BCUT2D eigenvalue weighted by Crippen LogP contribution is -2.28. The van der Waals surface area contributed by atoms with Gasteiger partial charge in [0, 0.05) is 30.0 Å². The van der Waals surface area contributed by atoms with E-state index < -0.39 is 5.97 Å². The second-order valence-electron chi connectivity index (χ2n) is 11.1. The van der Waals surface area contributed by atoms with Crippen molar-refractivity contribution < 1.29 is 23.8 Å². The molecule has 4 N–H and O–H groups in total. The highest BCUT2D eigenvalue weighted by Gasteiger charge is 2.24. The van der Waals surface area contributed by atoms with E-state index in [0.29, 0.717) is 16.9 Å². The van der Waals surface area contributed by atoms with Crippen LogP contribution in [0.5, 0.6) is 0 Å². The summed E-state index contributed by atoms with van der Waals surface area (Å²) in [5, 5.41) is 0. The Labute approximate surface area is 245 Å². The smallest absolute Gasteiger partial charge is 0.338 e. The number of carbonyl (C=O) groups excluding carboxylic acids is 2. The lowest BCUT2D eigenvalue weighted by atomic mass is 9.93. The summed E-state index contributed by atoms with van der Waals surface area (Å²) in [5.74, 6) is -0.710. The summed E-state index contributed by atoms with van der Waals surface area (Å²) in [6.07, 6.45) is 14.6. The lowest BCUT2D eigenvalue weighted by molar-refractivity contribution is -0.138. The van der Waals surface area contributed by atoms with E-state index in [1.807, 2.05) is 12.1 Å². The van der Waals surface area contributed by atoms with E-state index in [1.54, 1.807) is 36.4 Å². The molecule has 7 nitrogen and oxygen atoms in total. The van der Waals surface area contributed by atoms with E-state index in [1.165, 1.54) is 25.3 Å². The van der Waals surface area contributed by atoms with Crippen LogP contribution in [0.1, 0.15) is 112 Å². The Morgan fingerprint density at radius 3 is 2.20 bits per heavy atom. The molecule has 0 radical (unpaired) electrons. The first-order chi connectivity index (χ1) is 19.9. The highest BCUT2D eigenvalue weighted by molar-refractivity contribution is 5.90. The number of rotatable bonds is 16. The number of esters is 2. The molecule has 7 heteroatoms. The Morgan fingerprint density at radius 1 is 0.878 bits per heavy atom. The molecule has 224 valence electrons. The summed E-state index contributed by atoms with van der Waals surface area (Å²) in [7, 11) is 0. The lowest BCUT2D eigenvalue weighted by Gasteiger charge is -2.28. The van der Waals surface area contributed by atoms with E-state index in [9.17, 15) is 9.59 Å². The zero-order valence-electron chi connectivity index (χ0n) is 24.8. The molecule has 2 aromatic carbocycles. The van der Waals surface area contributed by atoms with Gasteiger partial charge < -0.3 is 25.7 Å². The van der Waals surface area contributed by atoms with Crippen LogP contribution in [-0.2, 0) is 19.0 Å². The minimum Gasteiger partial charge on any atom is -0.462 e. The second kappa shape index (κ2) is 17.5. The van der Waals surface area contributed by atoms with Crippen molar-refractivity contribution in [3.8, 4) is 0 Å². The van der Waals surface area contributed by atoms with Crippen molar-refractivity contribution in [3.63, 3.8) is 0 Å². The molecular weight excluding hydrogens is 516 g/mol. The van der Waals surface area contributed by atoms with Crippen LogP contribution < -0.4 is 11.5 Å². The highest BCUT2D eigenvalue weighted by atomic mass is 16.5. The van der Waals surface area contributed by atoms with Crippen LogP contribution in [0.25, 0.3) is 6.08 Å². The third kappa shape index (κ3) is 11.6. The van der Waals surface area contributed by atoms with Gasteiger partial charge in [-0.2, -0.15) is 0 Å². The Kier molecular flexibility index (Phi) is 13.7. The van der Waals surface area contributed by atoms with Crippen molar-refractivity contribution >= 4 is 29.4 Å². The van der Waals surface area contributed by atoms with Gasteiger partial charge in [-0.05, 0) is 86.1 Å². The molecule has 1 atom stereocenters. The van der Waals surface area contributed by atoms with Crippen molar-refractivity contribution in [1.82, 2.24) is 0 Å². The van der Waals surface area contributed by atoms with Gasteiger partial charge in [-0.15, -0.1) is 0 Å². The third-order valence-electron chi connectivity index (χ3n) is 7.61. The largest absolute Gasteiger partial charge is 0.462 e. The quantitative estimate of drug-likeness (QED) is 0.0942. The molecule has 1 aliphatic carbocycles. The van der Waals surface area contributed by atoms with Crippen LogP contribution in [0.15, 0.2) is 48.5 Å². The molecule has 0 spiro atoms. The zero-order chi connectivity index (χ0) is 29.5. The molecule has 1 fully saturated rings. The number of nitrogen functional groups attached to an aromatic ring is 2.